The van der Waals surface area contributed by atoms with Gasteiger partial charge in [-0.05, 0) is 40.1 Å². The van der Waals surface area contributed by atoms with Gasteiger partial charge in [-0.3, -0.25) is 4.57 Å². The van der Waals surface area contributed by atoms with E-state index in [0.717, 1.165) is 72.1 Å². The number of hydrogen-bond donors (Lipinski definition) is 1. The smallest absolute Gasteiger partial charge is 0.235 e. The van der Waals surface area contributed by atoms with Crippen LogP contribution >= 0.6 is 0 Å². The van der Waals surface area contributed by atoms with E-state index in [2.05, 4.69) is 102 Å². The standard InChI is InChI=1S/C42H27N3O2/c46-26-30-14-4-5-17-33-31-15-6-7-16-32(31)38-35-19-9-11-21-37(35)45(40(38)41(33)47-30)42-43-36-20-10-8-18-34(36)39(44-42)29-24-22-28(23-25-29)27-12-2-1-3-13-27/h1-26,46H/b14-4-,17-5-,30-26-. The molecule has 9 rings (SSSR count). The number of para-hydroxylation sites is 2. The van der Waals surface area contributed by atoms with Crippen molar-refractivity contribution in [1.29, 1.82) is 0 Å². The van der Waals surface area contributed by atoms with Crippen molar-refractivity contribution in [2.45, 2.75) is 0 Å². The minimum Gasteiger partial charge on any atom is -0.512 e. The Morgan fingerprint density at radius 3 is 2.02 bits per heavy atom. The molecular weight excluding hydrogens is 578 g/mol. The lowest BCUT2D eigenvalue weighted by atomic mass is 9.97. The van der Waals surface area contributed by atoms with Crippen molar-refractivity contribution in [3.63, 3.8) is 0 Å². The van der Waals surface area contributed by atoms with Crippen LogP contribution in [-0.4, -0.2) is 19.6 Å². The van der Waals surface area contributed by atoms with Gasteiger partial charge in [0.1, 0.15) is 11.8 Å². The Bertz CT molecular complexity index is 2590. The van der Waals surface area contributed by atoms with Crippen LogP contribution in [0.15, 0.2) is 158 Å². The number of fused-ring (bicyclic) bond motifs is 9. The summed E-state index contributed by atoms with van der Waals surface area (Å²) in [7, 11) is 0. The fourth-order valence-corrected chi connectivity index (χ4v) is 6.75. The monoisotopic (exact) mass is 605 g/mol. The molecule has 1 aliphatic rings. The molecule has 0 saturated carbocycles. The number of ether oxygens (including phenoxy) is 1. The predicted octanol–water partition coefficient (Wildman–Crippen LogP) is 10.6. The molecule has 0 bridgehead atoms. The van der Waals surface area contributed by atoms with Gasteiger partial charge in [-0.2, -0.15) is 0 Å². The fourth-order valence-electron chi connectivity index (χ4n) is 6.75. The Morgan fingerprint density at radius 1 is 0.574 bits per heavy atom. The first-order chi connectivity index (χ1) is 23.3. The predicted molar refractivity (Wildman–Crippen MR) is 192 cm³/mol. The van der Waals surface area contributed by atoms with E-state index in [1.54, 1.807) is 6.08 Å². The summed E-state index contributed by atoms with van der Waals surface area (Å²) in [6.45, 7) is 0. The number of nitrogens with zero attached hydrogens (tertiary/aromatic N) is 3. The second kappa shape index (κ2) is 10.9. The second-order valence-electron chi connectivity index (χ2n) is 11.5. The third-order valence-corrected chi connectivity index (χ3v) is 8.86. The maximum absolute atomic E-state index is 10.1. The second-order valence-corrected chi connectivity index (χ2v) is 11.5. The molecule has 1 N–H and O–H groups in total. The molecule has 0 radical (unpaired) electrons. The molecule has 222 valence electrons. The van der Waals surface area contributed by atoms with Gasteiger partial charge in [0, 0.05) is 27.3 Å². The highest BCUT2D eigenvalue weighted by atomic mass is 16.5. The Labute approximate surface area is 270 Å². The number of benzene rings is 6. The van der Waals surface area contributed by atoms with Crippen molar-refractivity contribution in [3.8, 4) is 34.1 Å². The average molecular weight is 606 g/mol. The third-order valence-electron chi connectivity index (χ3n) is 8.86. The van der Waals surface area contributed by atoms with Crippen molar-refractivity contribution >= 4 is 49.6 Å². The van der Waals surface area contributed by atoms with Gasteiger partial charge >= 0.3 is 0 Å². The minimum atomic E-state index is 0.336. The first-order valence-electron chi connectivity index (χ1n) is 15.6. The van der Waals surface area contributed by atoms with E-state index >= 15 is 0 Å². The lowest BCUT2D eigenvalue weighted by molar-refractivity contribution is 0.390. The molecule has 1 aliphatic heterocycles. The number of aliphatic hydroxyl groups is 1. The number of rotatable bonds is 3. The molecule has 8 aromatic rings. The van der Waals surface area contributed by atoms with Crippen LogP contribution in [0.1, 0.15) is 5.56 Å². The molecule has 2 aromatic heterocycles. The highest BCUT2D eigenvalue weighted by Crippen LogP contribution is 2.46. The molecule has 3 heterocycles. The molecule has 0 atom stereocenters. The van der Waals surface area contributed by atoms with Gasteiger partial charge < -0.3 is 9.84 Å². The summed E-state index contributed by atoms with van der Waals surface area (Å²) in [5.74, 6) is 1.50. The highest BCUT2D eigenvalue weighted by molar-refractivity contribution is 6.25. The molecule has 5 heteroatoms. The van der Waals surface area contributed by atoms with Crippen LogP contribution in [-0.2, 0) is 0 Å². The van der Waals surface area contributed by atoms with Crippen LogP contribution < -0.4 is 4.74 Å². The van der Waals surface area contributed by atoms with Gasteiger partial charge in [0.25, 0.3) is 0 Å². The molecular formula is C42H27N3O2. The van der Waals surface area contributed by atoms with Crippen molar-refractivity contribution in [2.24, 2.45) is 0 Å². The summed E-state index contributed by atoms with van der Waals surface area (Å²) in [6.07, 6.45) is 8.64. The zero-order valence-corrected chi connectivity index (χ0v) is 25.2. The number of allylic oxidation sites excluding steroid dienone is 3. The van der Waals surface area contributed by atoms with E-state index in [1.165, 1.54) is 5.56 Å². The quantitative estimate of drug-likeness (QED) is 0.204. The number of aromatic nitrogens is 3. The van der Waals surface area contributed by atoms with Gasteiger partial charge in [0.2, 0.25) is 5.95 Å². The van der Waals surface area contributed by atoms with E-state index in [-0.39, 0.29) is 0 Å². The van der Waals surface area contributed by atoms with Crippen LogP contribution in [0, 0.1) is 0 Å². The highest BCUT2D eigenvalue weighted by Gasteiger charge is 2.25. The summed E-state index contributed by atoms with van der Waals surface area (Å²) < 4.78 is 8.66. The van der Waals surface area contributed by atoms with E-state index in [1.807, 2.05) is 48.6 Å². The zero-order chi connectivity index (χ0) is 31.3. The van der Waals surface area contributed by atoms with Gasteiger partial charge in [0.15, 0.2) is 11.5 Å². The molecule has 0 saturated heterocycles. The first kappa shape index (κ1) is 26.9. The van der Waals surface area contributed by atoms with E-state index in [4.69, 9.17) is 14.7 Å². The van der Waals surface area contributed by atoms with Crippen LogP contribution in [0.4, 0.5) is 0 Å². The van der Waals surface area contributed by atoms with Gasteiger partial charge in [-0.1, -0.05) is 133 Å². The Hall–Kier alpha value is -6.46. The van der Waals surface area contributed by atoms with Crippen molar-refractivity contribution in [3.05, 3.63) is 163 Å². The fraction of sp³-hybridized carbons (Fsp3) is 0. The topological polar surface area (TPSA) is 60.2 Å². The third kappa shape index (κ3) is 4.32. The van der Waals surface area contributed by atoms with Gasteiger partial charge in [0.05, 0.1) is 16.7 Å². The lowest BCUT2D eigenvalue weighted by Gasteiger charge is -2.18. The normalized spacial score (nSPS) is 15.0. The summed E-state index contributed by atoms with van der Waals surface area (Å²) in [4.78, 5) is 10.5. The van der Waals surface area contributed by atoms with Crippen LogP contribution in [0.2, 0.25) is 0 Å². The van der Waals surface area contributed by atoms with Crippen LogP contribution in [0.3, 0.4) is 0 Å². The summed E-state index contributed by atoms with van der Waals surface area (Å²) in [5.41, 5.74) is 7.71. The Morgan fingerprint density at radius 2 is 1.21 bits per heavy atom. The molecule has 0 fully saturated rings. The van der Waals surface area contributed by atoms with E-state index in [0.29, 0.717) is 17.5 Å². The SMILES string of the molecule is O/C=C1/C=C\C=C/c2c(c3c(c4ccccc24)c2ccccc2n3-c2nc(-c3ccc(-c4ccccc4)cc3)c3ccccc3n2)O1. The molecule has 0 spiro atoms. The number of hydrogen-bond acceptors (Lipinski definition) is 4. The maximum atomic E-state index is 10.1. The minimum absolute atomic E-state index is 0.336. The average Bonchev–Trinajstić information content (AvgIpc) is 3.47. The van der Waals surface area contributed by atoms with Crippen molar-refractivity contribution < 1.29 is 9.84 Å². The van der Waals surface area contributed by atoms with Crippen LogP contribution in [0.5, 0.6) is 5.75 Å². The molecule has 47 heavy (non-hydrogen) atoms. The summed E-state index contributed by atoms with van der Waals surface area (Å²) in [6, 6.07) is 43.8. The van der Waals surface area contributed by atoms with E-state index in [9.17, 15) is 5.11 Å². The first-order valence-corrected chi connectivity index (χ1v) is 15.6. The maximum Gasteiger partial charge on any atom is 0.235 e. The zero-order valence-electron chi connectivity index (χ0n) is 25.2. The molecule has 0 aliphatic carbocycles. The Kier molecular flexibility index (Phi) is 6.22. The molecule has 6 aromatic carbocycles. The molecule has 0 unspecified atom stereocenters. The molecule has 0 amide bonds. The van der Waals surface area contributed by atoms with Gasteiger partial charge in [-0.25, -0.2) is 9.97 Å². The molecule has 5 nitrogen and oxygen atoms in total. The van der Waals surface area contributed by atoms with Gasteiger partial charge in [-0.15, -0.1) is 0 Å². The van der Waals surface area contributed by atoms with Crippen molar-refractivity contribution in [2.75, 3.05) is 0 Å². The summed E-state index contributed by atoms with van der Waals surface area (Å²) in [5, 5.41) is 15.3. The Balaban J connectivity index is 1.38. The van der Waals surface area contributed by atoms with E-state index < -0.39 is 0 Å². The summed E-state index contributed by atoms with van der Waals surface area (Å²) >= 11 is 0. The van der Waals surface area contributed by atoms with Crippen molar-refractivity contribution in [1.82, 2.24) is 14.5 Å². The van der Waals surface area contributed by atoms with Crippen LogP contribution in [0.25, 0.3) is 77.9 Å². The largest absolute Gasteiger partial charge is 0.512 e. The lowest BCUT2D eigenvalue weighted by Crippen LogP contribution is -2.06. The number of aliphatic hydroxyl groups excluding tert-OH is 1.